The Hall–Kier alpha value is -2.00. The van der Waals surface area contributed by atoms with E-state index in [2.05, 4.69) is 21.9 Å². The Bertz CT molecular complexity index is 1040. The molecule has 2 aliphatic heterocycles. The number of benzene rings is 2. The van der Waals surface area contributed by atoms with Crippen molar-refractivity contribution in [3.8, 4) is 5.75 Å². The second kappa shape index (κ2) is 10.5. The number of halogens is 1. The largest absolute Gasteiger partial charge is 0.497 e. The molecule has 8 heteroatoms. The molecule has 0 radical (unpaired) electrons. The Morgan fingerprint density at radius 1 is 0.970 bits per heavy atom. The van der Waals surface area contributed by atoms with Crippen LogP contribution in [0.2, 0.25) is 0 Å². The second-order valence-corrected chi connectivity index (χ2v) is 11.0. The quantitative estimate of drug-likeness (QED) is 0.640. The van der Waals surface area contributed by atoms with Gasteiger partial charge in [-0.05, 0) is 81.2 Å². The summed E-state index contributed by atoms with van der Waals surface area (Å²) in [6.07, 6.45) is 2.97. The standard InChI is InChI=1S/C25H34FN3O3S/c1-20-4-7-22(26)18-25(20)33(30,31)29-13-3-12-28(16-17-29)23-10-14-27(15-11-23)19-21-5-8-24(32-2)9-6-21/h4-9,18,23H,3,10-17,19H2,1-2H3. The lowest BCUT2D eigenvalue weighted by molar-refractivity contribution is 0.108. The molecule has 0 atom stereocenters. The van der Waals surface area contributed by atoms with Gasteiger partial charge in [0.05, 0.1) is 12.0 Å². The van der Waals surface area contributed by atoms with Gasteiger partial charge in [0.2, 0.25) is 10.0 Å². The molecule has 0 aliphatic carbocycles. The van der Waals surface area contributed by atoms with Crippen LogP contribution in [0.4, 0.5) is 4.39 Å². The zero-order valence-corrected chi connectivity index (χ0v) is 20.4. The van der Waals surface area contributed by atoms with Crippen molar-refractivity contribution in [3.05, 3.63) is 59.4 Å². The summed E-state index contributed by atoms with van der Waals surface area (Å²) in [5, 5.41) is 0. The van der Waals surface area contributed by atoms with E-state index in [1.54, 1.807) is 14.0 Å². The van der Waals surface area contributed by atoms with Crippen LogP contribution >= 0.6 is 0 Å². The van der Waals surface area contributed by atoms with Crippen molar-refractivity contribution in [1.82, 2.24) is 14.1 Å². The zero-order chi connectivity index (χ0) is 23.4. The Kier molecular flexibility index (Phi) is 7.69. The zero-order valence-electron chi connectivity index (χ0n) is 19.5. The first kappa shape index (κ1) is 24.1. The third-order valence-corrected chi connectivity index (χ3v) is 8.94. The van der Waals surface area contributed by atoms with E-state index in [0.29, 0.717) is 24.7 Å². The number of hydrogen-bond donors (Lipinski definition) is 0. The smallest absolute Gasteiger partial charge is 0.243 e. The van der Waals surface area contributed by atoms with Crippen LogP contribution in [0.5, 0.6) is 5.75 Å². The first-order valence-corrected chi connectivity index (χ1v) is 13.2. The minimum atomic E-state index is -3.69. The van der Waals surface area contributed by atoms with Crippen molar-refractivity contribution < 1.29 is 17.5 Å². The Morgan fingerprint density at radius 2 is 1.70 bits per heavy atom. The third kappa shape index (κ3) is 5.74. The Balaban J connectivity index is 1.31. The highest BCUT2D eigenvalue weighted by Gasteiger charge is 2.31. The van der Waals surface area contributed by atoms with Gasteiger partial charge < -0.3 is 4.74 Å². The van der Waals surface area contributed by atoms with Crippen molar-refractivity contribution in [2.45, 2.75) is 43.7 Å². The molecular weight excluding hydrogens is 441 g/mol. The first-order valence-electron chi connectivity index (χ1n) is 11.7. The molecule has 2 saturated heterocycles. The highest BCUT2D eigenvalue weighted by molar-refractivity contribution is 7.89. The SMILES string of the molecule is COc1ccc(CN2CCC(N3CCCN(S(=O)(=O)c4cc(F)ccc4C)CC3)CC2)cc1. The van der Waals surface area contributed by atoms with E-state index in [1.165, 1.54) is 22.0 Å². The number of sulfonamides is 1. The van der Waals surface area contributed by atoms with E-state index in [9.17, 15) is 12.8 Å². The summed E-state index contributed by atoms with van der Waals surface area (Å²) in [5.41, 5.74) is 1.87. The number of rotatable bonds is 6. The van der Waals surface area contributed by atoms with Gasteiger partial charge in [-0.3, -0.25) is 9.80 Å². The van der Waals surface area contributed by atoms with Crippen LogP contribution < -0.4 is 4.74 Å². The van der Waals surface area contributed by atoms with E-state index in [1.807, 2.05) is 12.1 Å². The number of hydrogen-bond acceptors (Lipinski definition) is 5. The van der Waals surface area contributed by atoms with Crippen LogP contribution in [0.25, 0.3) is 0 Å². The van der Waals surface area contributed by atoms with E-state index in [4.69, 9.17) is 4.74 Å². The highest BCUT2D eigenvalue weighted by Crippen LogP contribution is 2.25. The molecule has 2 aromatic rings. The van der Waals surface area contributed by atoms with Crippen molar-refractivity contribution in [2.75, 3.05) is 46.4 Å². The van der Waals surface area contributed by atoms with E-state index in [-0.39, 0.29) is 4.90 Å². The molecule has 0 bridgehead atoms. The third-order valence-electron chi connectivity index (χ3n) is 6.90. The maximum atomic E-state index is 13.7. The summed E-state index contributed by atoms with van der Waals surface area (Å²) < 4.78 is 46.9. The molecule has 0 aromatic heterocycles. The van der Waals surface area contributed by atoms with Gasteiger partial charge in [-0.25, -0.2) is 12.8 Å². The molecule has 180 valence electrons. The number of likely N-dealkylation sites (tertiary alicyclic amines) is 1. The molecule has 0 unspecified atom stereocenters. The molecule has 0 amide bonds. The summed E-state index contributed by atoms with van der Waals surface area (Å²) in [4.78, 5) is 5.03. The second-order valence-electron chi connectivity index (χ2n) is 9.06. The molecule has 2 aliphatic rings. The molecule has 2 heterocycles. The van der Waals surface area contributed by atoms with Gasteiger partial charge >= 0.3 is 0 Å². The molecule has 4 rings (SSSR count). The van der Waals surface area contributed by atoms with Gasteiger partial charge in [0.15, 0.2) is 0 Å². The minimum Gasteiger partial charge on any atom is -0.497 e. The average Bonchev–Trinajstić information content (AvgIpc) is 3.09. The van der Waals surface area contributed by atoms with Gasteiger partial charge in [-0.2, -0.15) is 4.31 Å². The maximum absolute atomic E-state index is 13.7. The van der Waals surface area contributed by atoms with Crippen LogP contribution in [0.15, 0.2) is 47.4 Å². The van der Waals surface area contributed by atoms with Crippen molar-refractivity contribution in [3.63, 3.8) is 0 Å². The maximum Gasteiger partial charge on any atom is 0.243 e. The van der Waals surface area contributed by atoms with Crippen molar-refractivity contribution >= 4 is 10.0 Å². The molecule has 0 saturated carbocycles. The fraction of sp³-hybridized carbons (Fsp3) is 0.520. The number of methoxy groups -OCH3 is 1. The average molecular weight is 476 g/mol. The summed E-state index contributed by atoms with van der Waals surface area (Å²) in [5.74, 6) is 0.360. The molecule has 0 N–H and O–H groups in total. The molecule has 2 fully saturated rings. The van der Waals surface area contributed by atoms with E-state index >= 15 is 0 Å². The molecule has 2 aromatic carbocycles. The normalized spacial score (nSPS) is 20.0. The molecule has 0 spiro atoms. The number of nitrogens with zero attached hydrogens (tertiary/aromatic N) is 3. The van der Waals surface area contributed by atoms with Crippen LogP contribution in [0.1, 0.15) is 30.4 Å². The van der Waals surface area contributed by atoms with Crippen molar-refractivity contribution in [2.24, 2.45) is 0 Å². The van der Waals surface area contributed by atoms with Gasteiger partial charge in [0.1, 0.15) is 11.6 Å². The van der Waals surface area contributed by atoms with Crippen LogP contribution in [-0.2, 0) is 16.6 Å². The van der Waals surface area contributed by atoms with Gasteiger partial charge in [-0.1, -0.05) is 18.2 Å². The minimum absolute atomic E-state index is 0.0859. The van der Waals surface area contributed by atoms with E-state index in [0.717, 1.165) is 63.8 Å². The fourth-order valence-corrected chi connectivity index (χ4v) is 6.65. The summed E-state index contributed by atoms with van der Waals surface area (Å²) in [7, 11) is -2.01. The molecule has 33 heavy (non-hydrogen) atoms. The monoisotopic (exact) mass is 475 g/mol. The summed E-state index contributed by atoms with van der Waals surface area (Å²) in [6, 6.07) is 12.7. The molecule has 6 nitrogen and oxygen atoms in total. The lowest BCUT2D eigenvalue weighted by atomic mass is 10.0. The predicted molar refractivity (Wildman–Crippen MR) is 127 cm³/mol. The highest BCUT2D eigenvalue weighted by atomic mass is 32.2. The van der Waals surface area contributed by atoms with Crippen molar-refractivity contribution in [1.29, 1.82) is 0 Å². The van der Waals surface area contributed by atoms with E-state index < -0.39 is 15.8 Å². The number of piperidine rings is 1. The van der Waals surface area contributed by atoms with Crippen LogP contribution in [0.3, 0.4) is 0 Å². The predicted octanol–water partition coefficient (Wildman–Crippen LogP) is 3.50. The Morgan fingerprint density at radius 3 is 2.39 bits per heavy atom. The number of ether oxygens (including phenoxy) is 1. The fourth-order valence-electron chi connectivity index (χ4n) is 4.94. The molecular formula is C25H34FN3O3S. The first-order chi connectivity index (χ1) is 15.9. The summed E-state index contributed by atoms with van der Waals surface area (Å²) in [6.45, 7) is 7.28. The lowest BCUT2D eigenvalue weighted by Crippen LogP contribution is -2.46. The van der Waals surface area contributed by atoms with Gasteiger partial charge in [0, 0.05) is 32.2 Å². The van der Waals surface area contributed by atoms with Crippen LogP contribution in [0, 0.1) is 12.7 Å². The van der Waals surface area contributed by atoms with Gasteiger partial charge in [-0.15, -0.1) is 0 Å². The number of aryl methyl sites for hydroxylation is 1. The topological polar surface area (TPSA) is 53.1 Å². The lowest BCUT2D eigenvalue weighted by Gasteiger charge is -2.38. The van der Waals surface area contributed by atoms with Gasteiger partial charge in [0.25, 0.3) is 0 Å². The Labute approximate surface area is 197 Å². The summed E-state index contributed by atoms with van der Waals surface area (Å²) >= 11 is 0. The van der Waals surface area contributed by atoms with Crippen LogP contribution in [-0.4, -0.2) is 74.9 Å².